The number of aromatic nitrogens is 2. The molecule has 0 saturated heterocycles. The molecule has 0 aliphatic carbocycles. The van der Waals surface area contributed by atoms with Crippen molar-refractivity contribution in [2.45, 2.75) is 19.5 Å². The second kappa shape index (κ2) is 6.05. The molecule has 1 aliphatic heterocycles. The molecule has 4 rings (SSSR count). The SMILES string of the molecule is C[C@H]1COc2ccccc2N1C(=O)Cn1c(=O)cnc2ccccc21. The Morgan fingerprint density at radius 3 is 2.84 bits per heavy atom. The van der Waals surface area contributed by atoms with Gasteiger partial charge in [-0.2, -0.15) is 0 Å². The fraction of sp³-hybridized carbons (Fsp3) is 0.211. The van der Waals surface area contributed by atoms with Crippen LogP contribution in [-0.2, 0) is 11.3 Å². The fourth-order valence-electron chi connectivity index (χ4n) is 3.17. The maximum absolute atomic E-state index is 13.0. The Hall–Kier alpha value is -3.15. The first-order valence-corrected chi connectivity index (χ1v) is 8.13. The van der Waals surface area contributed by atoms with Crippen molar-refractivity contribution in [3.8, 4) is 5.75 Å². The summed E-state index contributed by atoms with van der Waals surface area (Å²) in [4.78, 5) is 31.2. The molecular formula is C19H17N3O3. The predicted octanol–water partition coefficient (Wildman–Crippen LogP) is 2.21. The molecular weight excluding hydrogens is 318 g/mol. The lowest BCUT2D eigenvalue weighted by Crippen LogP contribution is -2.47. The van der Waals surface area contributed by atoms with Crippen molar-refractivity contribution in [1.29, 1.82) is 0 Å². The van der Waals surface area contributed by atoms with E-state index >= 15 is 0 Å². The highest BCUT2D eigenvalue weighted by atomic mass is 16.5. The summed E-state index contributed by atoms with van der Waals surface area (Å²) in [6.45, 7) is 2.32. The van der Waals surface area contributed by atoms with Gasteiger partial charge < -0.3 is 9.64 Å². The van der Waals surface area contributed by atoms with Gasteiger partial charge in [-0.05, 0) is 31.2 Å². The summed E-state index contributed by atoms with van der Waals surface area (Å²) in [6, 6.07) is 14.6. The van der Waals surface area contributed by atoms with Crippen LogP contribution in [0.3, 0.4) is 0 Å². The van der Waals surface area contributed by atoms with E-state index in [-0.39, 0.29) is 24.1 Å². The number of para-hydroxylation sites is 4. The molecule has 2 heterocycles. The maximum atomic E-state index is 13.0. The van der Waals surface area contributed by atoms with Gasteiger partial charge in [0.05, 0.1) is 29.0 Å². The van der Waals surface area contributed by atoms with Gasteiger partial charge in [-0.25, -0.2) is 4.98 Å². The molecule has 0 bridgehead atoms. The molecule has 0 spiro atoms. The third-order valence-corrected chi connectivity index (χ3v) is 4.36. The fourth-order valence-corrected chi connectivity index (χ4v) is 3.17. The monoisotopic (exact) mass is 335 g/mol. The third-order valence-electron chi connectivity index (χ3n) is 4.36. The Morgan fingerprint density at radius 1 is 1.20 bits per heavy atom. The number of hydrogen-bond donors (Lipinski definition) is 0. The second-order valence-corrected chi connectivity index (χ2v) is 6.06. The molecule has 0 N–H and O–H groups in total. The summed E-state index contributed by atoms with van der Waals surface area (Å²) in [6.07, 6.45) is 1.26. The molecule has 6 heteroatoms. The predicted molar refractivity (Wildman–Crippen MR) is 94.9 cm³/mol. The van der Waals surface area contributed by atoms with Gasteiger partial charge in [-0.1, -0.05) is 24.3 Å². The molecule has 6 nitrogen and oxygen atoms in total. The molecule has 126 valence electrons. The van der Waals surface area contributed by atoms with Gasteiger partial charge in [0.1, 0.15) is 18.9 Å². The van der Waals surface area contributed by atoms with Crippen LogP contribution < -0.4 is 15.2 Å². The van der Waals surface area contributed by atoms with Crippen LogP contribution in [0.1, 0.15) is 6.92 Å². The van der Waals surface area contributed by atoms with Crippen molar-refractivity contribution in [2.75, 3.05) is 11.5 Å². The minimum Gasteiger partial charge on any atom is -0.489 e. The Bertz CT molecular complexity index is 1010. The zero-order chi connectivity index (χ0) is 17.4. The smallest absolute Gasteiger partial charge is 0.269 e. The van der Waals surface area contributed by atoms with E-state index in [1.165, 1.54) is 10.8 Å². The average molecular weight is 335 g/mol. The van der Waals surface area contributed by atoms with Crippen LogP contribution in [0.2, 0.25) is 0 Å². The van der Waals surface area contributed by atoms with Gasteiger partial charge in [0.25, 0.3) is 5.56 Å². The van der Waals surface area contributed by atoms with Gasteiger partial charge in [0.15, 0.2) is 0 Å². The minimum absolute atomic E-state index is 0.0411. The summed E-state index contributed by atoms with van der Waals surface area (Å²) >= 11 is 0. The van der Waals surface area contributed by atoms with Gasteiger partial charge >= 0.3 is 0 Å². The molecule has 0 unspecified atom stereocenters. The zero-order valence-corrected chi connectivity index (χ0v) is 13.8. The normalized spacial score (nSPS) is 16.4. The number of carbonyl (C=O) groups is 1. The van der Waals surface area contributed by atoms with Gasteiger partial charge in [-0.3, -0.25) is 14.2 Å². The van der Waals surface area contributed by atoms with E-state index < -0.39 is 0 Å². The van der Waals surface area contributed by atoms with E-state index in [0.29, 0.717) is 23.4 Å². The first-order valence-electron chi connectivity index (χ1n) is 8.13. The first kappa shape index (κ1) is 15.4. The number of hydrogen-bond acceptors (Lipinski definition) is 4. The van der Waals surface area contributed by atoms with Crippen LogP contribution in [0.15, 0.2) is 59.5 Å². The van der Waals surface area contributed by atoms with Crippen molar-refractivity contribution in [3.63, 3.8) is 0 Å². The standard InChI is InChI=1S/C19H17N3O3/c1-13-12-25-17-9-5-4-8-16(17)22(13)19(24)11-21-15-7-3-2-6-14(15)20-10-18(21)23/h2-10,13H,11-12H2,1H3/t13-/m0/s1. The molecule has 0 radical (unpaired) electrons. The number of ether oxygens (including phenoxy) is 1. The number of nitrogens with zero attached hydrogens (tertiary/aromatic N) is 3. The van der Waals surface area contributed by atoms with Crippen LogP contribution >= 0.6 is 0 Å². The van der Waals surface area contributed by atoms with Crippen molar-refractivity contribution in [1.82, 2.24) is 9.55 Å². The molecule has 3 aromatic rings. The van der Waals surface area contributed by atoms with E-state index in [1.807, 2.05) is 49.4 Å². The van der Waals surface area contributed by atoms with Crippen molar-refractivity contribution < 1.29 is 9.53 Å². The summed E-state index contributed by atoms with van der Waals surface area (Å²) in [5.74, 6) is 0.530. The molecule has 2 aromatic carbocycles. The Balaban J connectivity index is 1.74. The van der Waals surface area contributed by atoms with Crippen LogP contribution in [0.5, 0.6) is 5.75 Å². The quantitative estimate of drug-likeness (QED) is 0.720. The number of rotatable bonds is 2. The van der Waals surface area contributed by atoms with E-state index in [9.17, 15) is 9.59 Å². The lowest BCUT2D eigenvalue weighted by atomic mass is 10.1. The topological polar surface area (TPSA) is 64.4 Å². The van der Waals surface area contributed by atoms with Crippen LogP contribution in [0.4, 0.5) is 5.69 Å². The van der Waals surface area contributed by atoms with Crippen molar-refractivity contribution in [2.24, 2.45) is 0 Å². The number of anilines is 1. The lowest BCUT2D eigenvalue weighted by Gasteiger charge is -2.35. The van der Waals surface area contributed by atoms with Gasteiger partial charge in [0, 0.05) is 0 Å². The summed E-state index contributed by atoms with van der Waals surface area (Å²) in [5, 5.41) is 0. The molecule has 0 fully saturated rings. The van der Waals surface area contributed by atoms with E-state index in [1.54, 1.807) is 11.0 Å². The Morgan fingerprint density at radius 2 is 1.96 bits per heavy atom. The van der Waals surface area contributed by atoms with E-state index in [0.717, 1.165) is 5.69 Å². The van der Waals surface area contributed by atoms with Crippen LogP contribution in [0, 0.1) is 0 Å². The zero-order valence-electron chi connectivity index (χ0n) is 13.8. The summed E-state index contributed by atoms with van der Waals surface area (Å²) in [5.41, 5.74) is 1.78. The summed E-state index contributed by atoms with van der Waals surface area (Å²) in [7, 11) is 0. The van der Waals surface area contributed by atoms with Crippen molar-refractivity contribution in [3.05, 3.63) is 65.1 Å². The number of carbonyl (C=O) groups excluding carboxylic acids is 1. The van der Waals surface area contributed by atoms with Crippen molar-refractivity contribution >= 4 is 22.6 Å². The first-order chi connectivity index (χ1) is 12.1. The molecule has 0 saturated carbocycles. The lowest BCUT2D eigenvalue weighted by molar-refractivity contribution is -0.119. The minimum atomic E-state index is -0.291. The highest BCUT2D eigenvalue weighted by Gasteiger charge is 2.29. The highest BCUT2D eigenvalue weighted by Crippen LogP contribution is 2.33. The molecule has 1 atom stereocenters. The largest absolute Gasteiger partial charge is 0.489 e. The Kier molecular flexibility index (Phi) is 3.72. The molecule has 1 aromatic heterocycles. The maximum Gasteiger partial charge on any atom is 0.269 e. The van der Waals surface area contributed by atoms with Crippen LogP contribution in [-0.4, -0.2) is 28.1 Å². The number of amides is 1. The molecule has 1 amide bonds. The average Bonchev–Trinajstić information content (AvgIpc) is 2.64. The van der Waals surface area contributed by atoms with E-state index in [4.69, 9.17) is 4.74 Å². The number of fused-ring (bicyclic) bond motifs is 2. The Labute approximate surface area is 144 Å². The van der Waals surface area contributed by atoms with E-state index in [2.05, 4.69) is 4.98 Å². The third kappa shape index (κ3) is 2.65. The highest BCUT2D eigenvalue weighted by molar-refractivity contribution is 5.96. The number of benzene rings is 2. The molecule has 25 heavy (non-hydrogen) atoms. The molecule has 1 aliphatic rings. The summed E-state index contributed by atoms with van der Waals surface area (Å²) < 4.78 is 7.16. The van der Waals surface area contributed by atoms with Gasteiger partial charge in [-0.15, -0.1) is 0 Å². The van der Waals surface area contributed by atoms with Crippen LogP contribution in [0.25, 0.3) is 11.0 Å². The second-order valence-electron chi connectivity index (χ2n) is 6.06. The van der Waals surface area contributed by atoms with Gasteiger partial charge in [0.2, 0.25) is 5.91 Å².